The van der Waals surface area contributed by atoms with Gasteiger partial charge in [-0.1, -0.05) is 0 Å². The van der Waals surface area contributed by atoms with E-state index in [4.69, 9.17) is 0 Å². The Hall–Kier alpha value is -4.21. The van der Waals surface area contributed by atoms with Crippen LogP contribution >= 0.6 is 0 Å². The van der Waals surface area contributed by atoms with E-state index in [2.05, 4.69) is 35.6 Å². The van der Waals surface area contributed by atoms with E-state index in [0.717, 1.165) is 27.1 Å². The molecule has 0 radical (unpaired) electrons. The maximum absolute atomic E-state index is 12.1. The summed E-state index contributed by atoms with van der Waals surface area (Å²) < 4.78 is 50.3. The molecule has 1 saturated heterocycles. The van der Waals surface area contributed by atoms with Crippen LogP contribution in [0.1, 0.15) is 0 Å². The Morgan fingerprint density at radius 1 is 0.825 bits per heavy atom. The molecule has 0 bridgehead atoms. The van der Waals surface area contributed by atoms with Gasteiger partial charge in [-0.25, -0.2) is 16.8 Å². The summed E-state index contributed by atoms with van der Waals surface area (Å²) in [4.78, 5) is 14.5. The van der Waals surface area contributed by atoms with Gasteiger partial charge in [-0.3, -0.25) is 0 Å². The van der Waals surface area contributed by atoms with Crippen molar-refractivity contribution in [1.82, 2.24) is 28.4 Å². The van der Waals surface area contributed by atoms with Gasteiger partial charge in [0.2, 0.25) is 16.0 Å². The minimum absolute atomic E-state index is 0.370. The van der Waals surface area contributed by atoms with Crippen molar-refractivity contribution >= 4 is 70.8 Å². The van der Waals surface area contributed by atoms with Crippen LogP contribution < -0.4 is 15.5 Å². The summed E-state index contributed by atoms with van der Waals surface area (Å²) in [5.41, 5.74) is 3.52. The first-order chi connectivity index (χ1) is 19.0. The fraction of sp³-hybridized carbons (Fsp3) is 0.240. The van der Waals surface area contributed by atoms with E-state index in [9.17, 15) is 16.8 Å². The molecule has 1 aliphatic heterocycles. The van der Waals surface area contributed by atoms with Crippen LogP contribution in [-0.2, 0) is 20.0 Å². The Balaban J connectivity index is 1.22. The average Bonchev–Trinajstić information content (AvgIpc) is 3.56. The summed E-state index contributed by atoms with van der Waals surface area (Å²) in [5, 5.41) is 12.0. The molecule has 5 aromatic rings. The van der Waals surface area contributed by atoms with Crippen molar-refractivity contribution in [1.29, 1.82) is 0 Å². The minimum atomic E-state index is -3.55. The van der Waals surface area contributed by atoms with Crippen molar-refractivity contribution < 1.29 is 16.8 Å². The lowest BCUT2D eigenvalue weighted by molar-refractivity contribution is 0.388. The smallest absolute Gasteiger partial charge is 0.251 e. The van der Waals surface area contributed by atoms with Gasteiger partial charge in [-0.2, -0.15) is 23.5 Å². The van der Waals surface area contributed by atoms with Crippen molar-refractivity contribution in [3.05, 3.63) is 60.9 Å². The Kier molecular flexibility index (Phi) is 6.35. The number of rotatable bonds is 7. The molecule has 208 valence electrons. The molecular weight excluding hydrogens is 554 g/mol. The van der Waals surface area contributed by atoms with Crippen LogP contribution in [0.2, 0.25) is 0 Å². The molecule has 13 nitrogen and oxygen atoms in total. The fourth-order valence-electron chi connectivity index (χ4n) is 4.73. The van der Waals surface area contributed by atoms with E-state index in [0.29, 0.717) is 60.2 Å². The molecule has 3 N–H and O–H groups in total. The molecule has 1 fully saturated rings. The van der Waals surface area contributed by atoms with E-state index in [-0.39, 0.29) is 0 Å². The van der Waals surface area contributed by atoms with Crippen LogP contribution in [-0.4, -0.2) is 84.0 Å². The first-order valence-corrected chi connectivity index (χ1v) is 16.1. The van der Waals surface area contributed by atoms with Crippen molar-refractivity contribution in [3.63, 3.8) is 0 Å². The topological polar surface area (TPSA) is 158 Å². The van der Waals surface area contributed by atoms with Gasteiger partial charge in [-0.15, -0.1) is 0 Å². The van der Waals surface area contributed by atoms with Gasteiger partial charge >= 0.3 is 0 Å². The van der Waals surface area contributed by atoms with Gasteiger partial charge < -0.3 is 20.5 Å². The van der Waals surface area contributed by atoms with Gasteiger partial charge in [0.05, 0.1) is 29.6 Å². The van der Waals surface area contributed by atoms with Gasteiger partial charge in [0.15, 0.2) is 0 Å². The number of aromatic nitrogens is 5. The summed E-state index contributed by atoms with van der Waals surface area (Å²) in [6.45, 7) is 2.17. The second kappa shape index (κ2) is 9.76. The Morgan fingerprint density at radius 3 is 2.25 bits per heavy atom. The second-order valence-corrected chi connectivity index (χ2v) is 13.4. The van der Waals surface area contributed by atoms with E-state index in [1.807, 2.05) is 36.4 Å². The maximum Gasteiger partial charge on any atom is 0.251 e. The second-order valence-electron chi connectivity index (χ2n) is 9.61. The number of anilines is 5. The van der Waals surface area contributed by atoms with Crippen LogP contribution in [0.3, 0.4) is 0 Å². The van der Waals surface area contributed by atoms with Gasteiger partial charge in [0, 0.05) is 54.8 Å². The first kappa shape index (κ1) is 26.0. The number of H-pyrrole nitrogens is 1. The van der Waals surface area contributed by atoms with Crippen LogP contribution in [0.5, 0.6) is 0 Å². The summed E-state index contributed by atoms with van der Waals surface area (Å²) in [6, 6.07) is 15.0. The van der Waals surface area contributed by atoms with Crippen LogP contribution in [0.25, 0.3) is 21.9 Å². The summed E-state index contributed by atoms with van der Waals surface area (Å²) in [6.07, 6.45) is 5.63. The zero-order valence-electron chi connectivity index (χ0n) is 21.7. The number of hydrogen-bond donors (Lipinski definition) is 3. The highest BCUT2D eigenvalue weighted by molar-refractivity contribution is 7.89. The molecule has 40 heavy (non-hydrogen) atoms. The minimum Gasteiger partial charge on any atom is -0.369 e. The van der Waals surface area contributed by atoms with Gasteiger partial charge in [0.25, 0.3) is 10.0 Å². The standard InChI is InChI=1S/C25H27N9O4S2/c1-39(35,36)33-13-11-32(12-14-33)20-7-5-18(6-8-20)29-25-30-23-21(9-10-26-23)24(31-25)28-19-4-3-17-16-27-34(22(17)15-19)40(2,37)38/h3-10,15-16H,11-14H2,1-2H3,(H3,26,28,29,30,31). The third-order valence-electron chi connectivity index (χ3n) is 6.73. The third-order valence-corrected chi connectivity index (χ3v) is 8.95. The van der Waals surface area contributed by atoms with Crippen LogP contribution in [0, 0.1) is 0 Å². The van der Waals surface area contributed by atoms with Crippen LogP contribution in [0.15, 0.2) is 60.9 Å². The van der Waals surface area contributed by atoms with E-state index in [1.54, 1.807) is 18.3 Å². The lowest BCUT2D eigenvalue weighted by Crippen LogP contribution is -2.48. The SMILES string of the molecule is CS(=O)(=O)N1CCN(c2ccc(Nc3nc(Nc4ccc5cnn(S(C)(=O)=O)c5c4)c4cc[nH]c4n3)cc2)CC1. The normalized spacial score (nSPS) is 15.1. The number of piperazine rings is 1. The molecule has 3 aromatic heterocycles. The molecule has 2 aromatic carbocycles. The molecular formula is C25H27N9O4S2. The summed E-state index contributed by atoms with van der Waals surface area (Å²) in [5.74, 6) is 0.910. The van der Waals surface area contributed by atoms with Crippen molar-refractivity contribution in [2.45, 2.75) is 0 Å². The third kappa shape index (κ3) is 5.17. The van der Waals surface area contributed by atoms with Gasteiger partial charge in [-0.05, 0) is 48.5 Å². The number of benzene rings is 2. The quantitative estimate of drug-likeness (QED) is 0.261. The molecule has 0 unspecified atom stereocenters. The zero-order chi connectivity index (χ0) is 28.1. The number of nitrogens with one attached hydrogen (secondary N) is 3. The summed E-state index contributed by atoms with van der Waals surface area (Å²) >= 11 is 0. The lowest BCUT2D eigenvalue weighted by atomic mass is 10.2. The molecule has 6 rings (SSSR count). The highest BCUT2D eigenvalue weighted by Crippen LogP contribution is 2.28. The van der Waals surface area contributed by atoms with E-state index in [1.165, 1.54) is 16.8 Å². The average molecular weight is 582 g/mol. The highest BCUT2D eigenvalue weighted by atomic mass is 32.2. The van der Waals surface area contributed by atoms with Crippen molar-refractivity contribution in [3.8, 4) is 0 Å². The molecule has 0 spiro atoms. The van der Waals surface area contributed by atoms with E-state index >= 15 is 0 Å². The monoisotopic (exact) mass is 581 g/mol. The largest absolute Gasteiger partial charge is 0.369 e. The molecule has 0 amide bonds. The molecule has 0 atom stereocenters. The number of hydrogen-bond acceptors (Lipinski definition) is 10. The van der Waals surface area contributed by atoms with Crippen molar-refractivity contribution in [2.75, 3.05) is 54.2 Å². The maximum atomic E-state index is 12.1. The van der Waals surface area contributed by atoms with E-state index < -0.39 is 20.0 Å². The van der Waals surface area contributed by atoms with Gasteiger partial charge in [0.1, 0.15) is 11.5 Å². The Labute approximate surface area is 230 Å². The highest BCUT2D eigenvalue weighted by Gasteiger charge is 2.23. The fourth-order valence-corrected chi connectivity index (χ4v) is 6.29. The zero-order valence-corrected chi connectivity index (χ0v) is 23.4. The molecule has 4 heterocycles. The molecule has 0 aliphatic carbocycles. The first-order valence-electron chi connectivity index (χ1n) is 12.4. The molecule has 15 heteroatoms. The number of nitrogens with zero attached hydrogens (tertiary/aromatic N) is 6. The lowest BCUT2D eigenvalue weighted by Gasteiger charge is -2.34. The Bertz CT molecular complexity index is 1930. The van der Waals surface area contributed by atoms with Crippen LogP contribution in [0.4, 0.5) is 28.8 Å². The number of fused-ring (bicyclic) bond motifs is 2. The summed E-state index contributed by atoms with van der Waals surface area (Å²) in [7, 11) is -6.73. The number of aromatic amines is 1. The predicted molar refractivity (Wildman–Crippen MR) is 156 cm³/mol. The molecule has 1 aliphatic rings. The molecule has 0 saturated carbocycles. The predicted octanol–water partition coefficient (Wildman–Crippen LogP) is 2.68. The van der Waals surface area contributed by atoms with Crippen molar-refractivity contribution in [2.24, 2.45) is 0 Å². The number of sulfonamides is 1. The Morgan fingerprint density at radius 2 is 1.55 bits per heavy atom.